The van der Waals surface area contributed by atoms with Gasteiger partial charge in [-0.3, -0.25) is 0 Å². The second kappa shape index (κ2) is 8.03. The summed E-state index contributed by atoms with van der Waals surface area (Å²) in [5.74, 6) is 1.73. The molecule has 6 heteroatoms. The number of hydrazone groups is 1. The average Bonchev–Trinajstić information content (AvgIpc) is 3.13. The Morgan fingerprint density at radius 3 is 2.41 bits per heavy atom. The lowest BCUT2D eigenvalue weighted by Gasteiger charge is -2.17. The van der Waals surface area contributed by atoms with E-state index in [-0.39, 0.29) is 0 Å². The van der Waals surface area contributed by atoms with E-state index in [1.54, 1.807) is 28.4 Å². The van der Waals surface area contributed by atoms with Crippen LogP contribution in [0.4, 0.5) is 0 Å². The molecule has 1 N–H and O–H groups in total. The molecule has 0 aliphatic heterocycles. The van der Waals surface area contributed by atoms with Gasteiger partial charge in [-0.1, -0.05) is 6.07 Å². The number of nitrogens with one attached hydrogen (secondary N) is 1. The normalized spacial score (nSPS) is 11.5. The van der Waals surface area contributed by atoms with E-state index >= 15 is 0 Å². The Kier molecular flexibility index (Phi) is 5.54. The van der Waals surface area contributed by atoms with Crippen LogP contribution < -0.4 is 19.6 Å². The zero-order chi connectivity index (χ0) is 19.4. The highest BCUT2D eigenvalue weighted by molar-refractivity contribution is 6.16. The summed E-state index contributed by atoms with van der Waals surface area (Å²) < 4.78 is 18.8. The molecule has 142 valence electrons. The number of hydrogen-bond acceptors (Lipinski definition) is 5. The smallest absolute Gasteiger partial charge is 0.203 e. The molecule has 0 spiro atoms. The van der Waals surface area contributed by atoms with Crippen molar-refractivity contribution in [3.05, 3.63) is 53.7 Å². The van der Waals surface area contributed by atoms with Gasteiger partial charge in [0.15, 0.2) is 11.5 Å². The first-order chi connectivity index (χ1) is 13.2. The maximum absolute atomic E-state index is 5.65. The first-order valence-electron chi connectivity index (χ1n) is 8.81. The highest BCUT2D eigenvalue weighted by Crippen LogP contribution is 2.40. The molecule has 27 heavy (non-hydrogen) atoms. The molecule has 0 radical (unpaired) electrons. The molecule has 0 aliphatic carbocycles. The molecule has 6 nitrogen and oxygen atoms in total. The lowest BCUT2D eigenvalue weighted by Crippen LogP contribution is -2.11. The number of hydrogen-bond donors (Lipinski definition) is 1. The topological polar surface area (TPSA) is 57.0 Å². The summed E-state index contributed by atoms with van der Waals surface area (Å²) in [5.41, 5.74) is 6.67. The number of nitrogens with zero attached hydrogens (tertiary/aromatic N) is 2. The van der Waals surface area contributed by atoms with Crippen LogP contribution in [0.3, 0.4) is 0 Å². The van der Waals surface area contributed by atoms with E-state index in [4.69, 9.17) is 14.2 Å². The first kappa shape index (κ1) is 18.6. The standard InChI is InChI=1S/C21H25N3O3/c1-6-24-12-11-14-13-15(7-9-17(14)24)19(23-22-2)16-8-10-18(25-3)21(27-5)20(16)26-4/h7-13,22H,6H2,1-5H3/b23-19-. The van der Waals surface area contributed by atoms with Gasteiger partial charge < -0.3 is 24.2 Å². The lowest BCUT2D eigenvalue weighted by atomic mass is 9.99. The summed E-state index contributed by atoms with van der Waals surface area (Å²) in [4.78, 5) is 0. The van der Waals surface area contributed by atoms with Gasteiger partial charge in [0.25, 0.3) is 0 Å². The van der Waals surface area contributed by atoms with Crippen molar-refractivity contribution in [3.8, 4) is 17.2 Å². The van der Waals surface area contributed by atoms with Crippen LogP contribution in [0.25, 0.3) is 10.9 Å². The Labute approximate surface area is 159 Å². The molecule has 0 unspecified atom stereocenters. The van der Waals surface area contributed by atoms with Gasteiger partial charge in [0.05, 0.1) is 21.3 Å². The minimum Gasteiger partial charge on any atom is -0.493 e. The number of ether oxygens (including phenoxy) is 3. The van der Waals surface area contributed by atoms with Crippen LogP contribution in [0.1, 0.15) is 18.1 Å². The Morgan fingerprint density at radius 1 is 1.00 bits per heavy atom. The number of methoxy groups -OCH3 is 3. The van der Waals surface area contributed by atoms with E-state index in [9.17, 15) is 0 Å². The van der Waals surface area contributed by atoms with Crippen LogP contribution in [0.2, 0.25) is 0 Å². The van der Waals surface area contributed by atoms with Crippen LogP contribution in [0.15, 0.2) is 47.7 Å². The summed E-state index contributed by atoms with van der Waals surface area (Å²) >= 11 is 0. The largest absolute Gasteiger partial charge is 0.493 e. The SMILES string of the molecule is CCn1ccc2cc(/C(=N/NC)c3ccc(OC)c(OC)c3OC)ccc21. The number of fused-ring (bicyclic) bond motifs is 1. The molecule has 2 aromatic carbocycles. The summed E-state index contributed by atoms with van der Waals surface area (Å²) in [6, 6.07) is 12.2. The van der Waals surface area contributed by atoms with Crippen molar-refractivity contribution >= 4 is 16.6 Å². The van der Waals surface area contributed by atoms with Crippen molar-refractivity contribution < 1.29 is 14.2 Å². The molecule has 0 bridgehead atoms. The molecule has 0 atom stereocenters. The number of rotatable bonds is 7. The van der Waals surface area contributed by atoms with E-state index in [0.29, 0.717) is 17.2 Å². The van der Waals surface area contributed by atoms with Gasteiger partial charge >= 0.3 is 0 Å². The quantitative estimate of drug-likeness (QED) is 0.511. The molecule has 0 fully saturated rings. The third kappa shape index (κ3) is 3.30. The number of aryl methyl sites for hydroxylation is 1. The average molecular weight is 367 g/mol. The molecule has 3 aromatic rings. The van der Waals surface area contributed by atoms with Gasteiger partial charge in [-0.25, -0.2) is 0 Å². The fourth-order valence-electron chi connectivity index (χ4n) is 3.30. The van der Waals surface area contributed by atoms with Gasteiger partial charge in [0.1, 0.15) is 5.71 Å². The zero-order valence-electron chi connectivity index (χ0n) is 16.4. The molecule has 0 amide bonds. The maximum atomic E-state index is 5.65. The van der Waals surface area contributed by atoms with Crippen molar-refractivity contribution in [2.45, 2.75) is 13.5 Å². The van der Waals surface area contributed by atoms with E-state index in [1.165, 1.54) is 5.52 Å². The van der Waals surface area contributed by atoms with Crippen LogP contribution >= 0.6 is 0 Å². The summed E-state index contributed by atoms with van der Waals surface area (Å²) in [7, 11) is 6.59. The highest BCUT2D eigenvalue weighted by atomic mass is 16.5. The van der Waals surface area contributed by atoms with Gasteiger partial charge in [-0.15, -0.1) is 0 Å². The maximum Gasteiger partial charge on any atom is 0.203 e. The lowest BCUT2D eigenvalue weighted by molar-refractivity contribution is 0.324. The number of benzene rings is 2. The Bertz CT molecular complexity index is 976. The van der Waals surface area contributed by atoms with Crippen LogP contribution in [-0.2, 0) is 6.54 Å². The van der Waals surface area contributed by atoms with Crippen molar-refractivity contribution in [2.24, 2.45) is 5.10 Å². The van der Waals surface area contributed by atoms with Crippen molar-refractivity contribution in [2.75, 3.05) is 28.4 Å². The molecule has 1 heterocycles. The molecular formula is C21H25N3O3. The predicted molar refractivity (Wildman–Crippen MR) is 108 cm³/mol. The molecule has 1 aromatic heterocycles. The third-order valence-corrected chi connectivity index (χ3v) is 4.57. The highest BCUT2D eigenvalue weighted by Gasteiger charge is 2.21. The van der Waals surface area contributed by atoms with E-state index < -0.39 is 0 Å². The van der Waals surface area contributed by atoms with Crippen molar-refractivity contribution in [3.63, 3.8) is 0 Å². The van der Waals surface area contributed by atoms with E-state index in [1.807, 2.05) is 12.1 Å². The van der Waals surface area contributed by atoms with Crippen molar-refractivity contribution in [1.82, 2.24) is 9.99 Å². The van der Waals surface area contributed by atoms with Gasteiger partial charge in [-0.05, 0) is 37.3 Å². The number of aromatic nitrogens is 1. The monoisotopic (exact) mass is 367 g/mol. The molecule has 0 aliphatic rings. The van der Waals surface area contributed by atoms with Gasteiger partial charge in [-0.2, -0.15) is 5.10 Å². The van der Waals surface area contributed by atoms with Crippen LogP contribution in [-0.4, -0.2) is 38.7 Å². The first-order valence-corrected chi connectivity index (χ1v) is 8.81. The Hall–Kier alpha value is -3.15. The summed E-state index contributed by atoms with van der Waals surface area (Å²) in [6.07, 6.45) is 2.10. The summed E-state index contributed by atoms with van der Waals surface area (Å²) in [5, 5.41) is 5.69. The minimum absolute atomic E-state index is 0.541. The fraction of sp³-hybridized carbons (Fsp3) is 0.286. The third-order valence-electron chi connectivity index (χ3n) is 4.57. The summed E-state index contributed by atoms with van der Waals surface area (Å²) in [6.45, 7) is 3.07. The second-order valence-corrected chi connectivity index (χ2v) is 5.94. The Morgan fingerprint density at radius 2 is 1.78 bits per heavy atom. The zero-order valence-corrected chi connectivity index (χ0v) is 16.4. The minimum atomic E-state index is 0.541. The van der Waals surface area contributed by atoms with Gasteiger partial charge in [0, 0.05) is 41.8 Å². The van der Waals surface area contributed by atoms with E-state index in [2.05, 4.69) is 52.5 Å². The van der Waals surface area contributed by atoms with Crippen molar-refractivity contribution in [1.29, 1.82) is 0 Å². The molecule has 0 saturated carbocycles. The Balaban J connectivity index is 2.18. The molecule has 3 rings (SSSR count). The van der Waals surface area contributed by atoms with Crippen LogP contribution in [0, 0.1) is 0 Å². The molecule has 0 saturated heterocycles. The second-order valence-electron chi connectivity index (χ2n) is 5.94. The van der Waals surface area contributed by atoms with E-state index in [0.717, 1.165) is 28.8 Å². The van der Waals surface area contributed by atoms with Crippen LogP contribution in [0.5, 0.6) is 17.2 Å². The van der Waals surface area contributed by atoms with Gasteiger partial charge in [0.2, 0.25) is 5.75 Å². The molecular weight excluding hydrogens is 342 g/mol. The predicted octanol–water partition coefficient (Wildman–Crippen LogP) is 3.66. The fourth-order valence-corrected chi connectivity index (χ4v) is 3.30.